The second-order valence-corrected chi connectivity index (χ2v) is 9.74. The van der Waals surface area contributed by atoms with E-state index in [9.17, 15) is 18.0 Å². The molecule has 1 aromatic rings. The molecule has 28 heavy (non-hydrogen) atoms. The number of hydrogen-bond donors (Lipinski definition) is 2. The number of piperidine rings is 1. The Morgan fingerprint density at radius 1 is 1.18 bits per heavy atom. The highest BCUT2D eigenvalue weighted by atomic mass is 32.2. The SMILES string of the molecule is CC(C)CNC(=O)c1ccccc1NC(=O)C1CCN(S(=O)(=O)N(C)C)CC1. The molecule has 1 fully saturated rings. The van der Waals surface area contributed by atoms with E-state index in [2.05, 4.69) is 10.6 Å². The maximum atomic E-state index is 12.7. The van der Waals surface area contributed by atoms with Crippen molar-refractivity contribution in [1.29, 1.82) is 0 Å². The fourth-order valence-corrected chi connectivity index (χ4v) is 4.13. The molecule has 9 heteroatoms. The predicted molar refractivity (Wildman–Crippen MR) is 109 cm³/mol. The minimum atomic E-state index is -3.46. The number of rotatable bonds is 7. The van der Waals surface area contributed by atoms with Crippen molar-refractivity contribution in [2.24, 2.45) is 11.8 Å². The molecule has 1 aliphatic rings. The second kappa shape index (κ2) is 9.49. The average molecular weight is 411 g/mol. The molecule has 8 nitrogen and oxygen atoms in total. The van der Waals surface area contributed by atoms with Gasteiger partial charge >= 0.3 is 0 Å². The number of anilines is 1. The van der Waals surface area contributed by atoms with Crippen molar-refractivity contribution >= 4 is 27.7 Å². The summed E-state index contributed by atoms with van der Waals surface area (Å²) in [6.45, 7) is 5.18. The summed E-state index contributed by atoms with van der Waals surface area (Å²) < 4.78 is 27.0. The van der Waals surface area contributed by atoms with E-state index in [1.807, 2.05) is 13.8 Å². The maximum absolute atomic E-state index is 12.7. The van der Waals surface area contributed by atoms with E-state index in [1.165, 1.54) is 22.7 Å². The molecule has 156 valence electrons. The van der Waals surface area contributed by atoms with Crippen LogP contribution in [-0.4, -0.2) is 62.6 Å². The Bertz CT molecular complexity index is 800. The van der Waals surface area contributed by atoms with Gasteiger partial charge in [-0.1, -0.05) is 26.0 Å². The van der Waals surface area contributed by atoms with Gasteiger partial charge in [0.25, 0.3) is 16.1 Å². The minimum absolute atomic E-state index is 0.189. The summed E-state index contributed by atoms with van der Waals surface area (Å²) in [6, 6.07) is 6.90. The van der Waals surface area contributed by atoms with Crippen LogP contribution in [0.4, 0.5) is 5.69 Å². The van der Waals surface area contributed by atoms with Crippen molar-refractivity contribution in [3.05, 3.63) is 29.8 Å². The van der Waals surface area contributed by atoms with Crippen LogP contribution in [0.25, 0.3) is 0 Å². The Hall–Kier alpha value is -1.97. The molecule has 2 rings (SSSR count). The zero-order valence-electron chi connectivity index (χ0n) is 16.9. The lowest BCUT2D eigenvalue weighted by Crippen LogP contribution is -2.46. The topological polar surface area (TPSA) is 98.8 Å². The van der Waals surface area contributed by atoms with E-state index in [0.717, 1.165) is 0 Å². The van der Waals surface area contributed by atoms with Crippen molar-refractivity contribution < 1.29 is 18.0 Å². The second-order valence-electron chi connectivity index (χ2n) is 7.60. The highest BCUT2D eigenvalue weighted by molar-refractivity contribution is 7.86. The van der Waals surface area contributed by atoms with Gasteiger partial charge in [-0.15, -0.1) is 0 Å². The van der Waals surface area contributed by atoms with Gasteiger partial charge in [-0.05, 0) is 30.9 Å². The van der Waals surface area contributed by atoms with Crippen molar-refractivity contribution in [2.45, 2.75) is 26.7 Å². The fourth-order valence-electron chi connectivity index (χ4n) is 3.00. The van der Waals surface area contributed by atoms with Crippen LogP contribution in [0.2, 0.25) is 0 Å². The molecule has 0 atom stereocenters. The highest BCUT2D eigenvalue weighted by Gasteiger charge is 2.32. The molecule has 0 aliphatic carbocycles. The van der Waals surface area contributed by atoms with E-state index < -0.39 is 10.2 Å². The number of carbonyl (C=O) groups is 2. The van der Waals surface area contributed by atoms with Gasteiger partial charge in [0.2, 0.25) is 5.91 Å². The molecule has 0 bridgehead atoms. The summed E-state index contributed by atoms with van der Waals surface area (Å²) in [5, 5.41) is 5.70. The lowest BCUT2D eigenvalue weighted by molar-refractivity contribution is -0.120. The van der Waals surface area contributed by atoms with Gasteiger partial charge in [-0.3, -0.25) is 9.59 Å². The molecule has 0 radical (unpaired) electrons. The van der Waals surface area contributed by atoms with Crippen LogP contribution >= 0.6 is 0 Å². The maximum Gasteiger partial charge on any atom is 0.281 e. The zero-order valence-corrected chi connectivity index (χ0v) is 17.8. The Morgan fingerprint density at radius 3 is 2.36 bits per heavy atom. The molecular formula is C19H30N4O4S. The van der Waals surface area contributed by atoms with E-state index >= 15 is 0 Å². The highest BCUT2D eigenvalue weighted by Crippen LogP contribution is 2.23. The first-order chi connectivity index (χ1) is 13.1. The molecule has 2 N–H and O–H groups in total. The Morgan fingerprint density at radius 2 is 1.79 bits per heavy atom. The third-order valence-corrected chi connectivity index (χ3v) is 6.65. The van der Waals surface area contributed by atoms with Gasteiger partial charge in [-0.2, -0.15) is 17.0 Å². The third-order valence-electron chi connectivity index (χ3n) is 4.71. The van der Waals surface area contributed by atoms with E-state index in [4.69, 9.17) is 0 Å². The van der Waals surface area contributed by atoms with Crippen LogP contribution in [0.3, 0.4) is 0 Å². The normalized spacial score (nSPS) is 16.4. The Kier molecular flexibility index (Phi) is 7.56. The first-order valence-electron chi connectivity index (χ1n) is 9.48. The van der Waals surface area contributed by atoms with E-state index in [-0.39, 0.29) is 17.7 Å². The van der Waals surface area contributed by atoms with Gasteiger partial charge in [0, 0.05) is 39.6 Å². The minimum Gasteiger partial charge on any atom is -0.352 e. The standard InChI is InChI=1S/C19H30N4O4S/c1-14(2)13-20-19(25)16-7-5-6-8-17(16)21-18(24)15-9-11-23(12-10-15)28(26,27)22(3)4/h5-8,14-15H,9-13H2,1-4H3,(H,20,25)(H,21,24). The Balaban J connectivity index is 2.00. The van der Waals surface area contributed by atoms with E-state index in [1.54, 1.807) is 24.3 Å². The molecule has 0 aromatic heterocycles. The summed E-state index contributed by atoms with van der Waals surface area (Å²) in [5.41, 5.74) is 0.890. The molecule has 0 spiro atoms. The molecule has 1 saturated heterocycles. The van der Waals surface area contributed by atoms with Gasteiger partial charge in [0.05, 0.1) is 11.3 Å². The molecule has 1 aliphatic heterocycles. The van der Waals surface area contributed by atoms with Crippen LogP contribution < -0.4 is 10.6 Å². The molecule has 1 aromatic carbocycles. The Labute approximate surface area is 167 Å². The molecule has 1 heterocycles. The van der Waals surface area contributed by atoms with Gasteiger partial charge in [0.15, 0.2) is 0 Å². The number of benzene rings is 1. The van der Waals surface area contributed by atoms with Crippen LogP contribution in [0.1, 0.15) is 37.0 Å². The molecule has 0 unspecified atom stereocenters. The van der Waals surface area contributed by atoms with Gasteiger partial charge in [-0.25, -0.2) is 0 Å². The fraction of sp³-hybridized carbons (Fsp3) is 0.579. The monoisotopic (exact) mass is 410 g/mol. The van der Waals surface area contributed by atoms with Crippen molar-refractivity contribution in [3.8, 4) is 0 Å². The van der Waals surface area contributed by atoms with Crippen LogP contribution in [0, 0.1) is 11.8 Å². The summed E-state index contributed by atoms with van der Waals surface area (Å²) in [7, 11) is -0.466. The number of nitrogens with one attached hydrogen (secondary N) is 2. The number of hydrogen-bond acceptors (Lipinski definition) is 4. The number of nitrogens with zero attached hydrogens (tertiary/aromatic N) is 2. The van der Waals surface area contributed by atoms with E-state index in [0.29, 0.717) is 49.6 Å². The summed E-state index contributed by atoms with van der Waals surface area (Å²) in [4.78, 5) is 25.1. The van der Waals surface area contributed by atoms with Crippen molar-refractivity contribution in [1.82, 2.24) is 13.9 Å². The number of amides is 2. The summed E-state index contributed by atoms with van der Waals surface area (Å²) >= 11 is 0. The first-order valence-corrected chi connectivity index (χ1v) is 10.9. The van der Waals surface area contributed by atoms with Crippen molar-refractivity contribution in [2.75, 3.05) is 39.0 Å². The predicted octanol–water partition coefficient (Wildman–Crippen LogP) is 1.53. The summed E-state index contributed by atoms with van der Waals surface area (Å²) in [6.07, 6.45) is 0.890. The molecular weight excluding hydrogens is 380 g/mol. The number of para-hydroxylation sites is 1. The zero-order chi connectivity index (χ0) is 20.9. The van der Waals surface area contributed by atoms with Gasteiger partial charge < -0.3 is 10.6 Å². The largest absolute Gasteiger partial charge is 0.352 e. The smallest absolute Gasteiger partial charge is 0.281 e. The molecule has 0 saturated carbocycles. The van der Waals surface area contributed by atoms with Gasteiger partial charge in [0.1, 0.15) is 0 Å². The van der Waals surface area contributed by atoms with Crippen LogP contribution in [0.15, 0.2) is 24.3 Å². The summed E-state index contributed by atoms with van der Waals surface area (Å²) in [5.74, 6) is -0.378. The lowest BCUT2D eigenvalue weighted by Gasteiger charge is -2.32. The lowest BCUT2D eigenvalue weighted by atomic mass is 9.97. The van der Waals surface area contributed by atoms with Crippen LogP contribution in [-0.2, 0) is 15.0 Å². The third kappa shape index (κ3) is 5.52. The van der Waals surface area contributed by atoms with Crippen LogP contribution in [0.5, 0.6) is 0 Å². The molecule has 2 amide bonds. The first kappa shape index (κ1) is 22.3. The number of carbonyl (C=O) groups excluding carboxylic acids is 2. The quantitative estimate of drug-likeness (QED) is 0.712. The average Bonchev–Trinajstić information content (AvgIpc) is 2.66. The van der Waals surface area contributed by atoms with Crippen molar-refractivity contribution in [3.63, 3.8) is 0 Å².